The molecule has 0 heterocycles. The number of esters is 1. The number of allylic oxidation sites excluding steroid dienone is 4. The molecule has 87 heavy (non-hydrogen) atoms. The third-order valence-corrected chi connectivity index (χ3v) is 19.0. The van der Waals surface area contributed by atoms with Gasteiger partial charge in [-0.05, 0) is 77.0 Å². The Morgan fingerprint density at radius 1 is 0.310 bits per heavy atom. The number of amides is 1. The van der Waals surface area contributed by atoms with Crippen LogP contribution in [0, 0.1) is 0 Å². The zero-order valence-electron chi connectivity index (χ0n) is 59.3. The van der Waals surface area contributed by atoms with E-state index in [1.54, 1.807) is 0 Å². The van der Waals surface area contributed by atoms with Crippen molar-refractivity contribution in [1.29, 1.82) is 0 Å². The largest absolute Gasteiger partial charge is 0.466 e. The van der Waals surface area contributed by atoms with E-state index in [1.807, 2.05) is 0 Å². The number of rotatable bonds is 76. The zero-order valence-corrected chi connectivity index (χ0v) is 59.3. The van der Waals surface area contributed by atoms with Gasteiger partial charge in [0.15, 0.2) is 0 Å². The molecule has 0 saturated heterocycles. The summed E-state index contributed by atoms with van der Waals surface area (Å²) in [6.07, 6.45) is 98.4. The van der Waals surface area contributed by atoms with Gasteiger partial charge in [0, 0.05) is 12.8 Å². The van der Waals surface area contributed by atoms with Crippen molar-refractivity contribution < 1.29 is 24.5 Å². The molecule has 0 radical (unpaired) electrons. The Bertz CT molecular complexity index is 1360. The van der Waals surface area contributed by atoms with E-state index < -0.39 is 12.1 Å². The summed E-state index contributed by atoms with van der Waals surface area (Å²) in [6, 6.07) is -0.543. The summed E-state index contributed by atoms with van der Waals surface area (Å²) in [4.78, 5) is 24.7. The maximum Gasteiger partial charge on any atom is 0.305 e. The fourth-order valence-corrected chi connectivity index (χ4v) is 12.9. The number of carbonyl (C=O) groups excluding carboxylic acids is 2. The minimum atomic E-state index is -0.666. The summed E-state index contributed by atoms with van der Waals surface area (Å²) < 4.78 is 5.51. The summed E-state index contributed by atoms with van der Waals surface area (Å²) in [5.74, 6) is -0.0151. The molecular formula is C81H157NO5. The standard InChI is InChI=1S/C81H157NO5/c1-3-5-7-9-11-13-15-17-19-21-23-24-25-32-35-38-41-45-49-53-57-61-65-69-73-79(84)78(77-83)82-80(85)74-70-66-62-58-54-50-46-42-39-36-33-30-28-26-27-29-31-34-37-40-44-48-52-56-60-64-68-72-76-87-81(86)75-71-67-63-59-55-51-47-43-22-20-18-16-14-12-10-8-6-4-2/h20,22,26-27,78-79,83-84H,3-19,21,23-25,28-77H2,1-2H3,(H,82,85)/b22-20-,27-26-. The third kappa shape index (κ3) is 73.3. The number of hydrogen-bond donors (Lipinski definition) is 3. The summed E-state index contributed by atoms with van der Waals surface area (Å²) in [7, 11) is 0. The lowest BCUT2D eigenvalue weighted by Gasteiger charge is -2.22. The molecular weight excluding hydrogens is 1070 g/mol. The van der Waals surface area contributed by atoms with E-state index in [0.717, 1.165) is 44.9 Å². The summed E-state index contributed by atoms with van der Waals surface area (Å²) in [5, 5.41) is 23.5. The molecule has 0 fully saturated rings. The molecule has 0 saturated carbocycles. The molecule has 6 nitrogen and oxygen atoms in total. The first kappa shape index (κ1) is 85.3. The van der Waals surface area contributed by atoms with Crippen LogP contribution >= 0.6 is 0 Å². The fourth-order valence-electron chi connectivity index (χ4n) is 12.9. The van der Waals surface area contributed by atoms with Gasteiger partial charge >= 0.3 is 5.97 Å². The van der Waals surface area contributed by atoms with E-state index in [2.05, 4.69) is 43.5 Å². The smallest absolute Gasteiger partial charge is 0.305 e. The van der Waals surface area contributed by atoms with Crippen LogP contribution in [0.25, 0.3) is 0 Å². The van der Waals surface area contributed by atoms with Crippen LogP contribution < -0.4 is 5.32 Å². The van der Waals surface area contributed by atoms with Gasteiger partial charge in [0.2, 0.25) is 5.91 Å². The molecule has 0 aliphatic rings. The normalized spacial score (nSPS) is 12.6. The van der Waals surface area contributed by atoms with Crippen molar-refractivity contribution in [1.82, 2.24) is 5.32 Å². The Morgan fingerprint density at radius 3 is 0.816 bits per heavy atom. The summed E-state index contributed by atoms with van der Waals surface area (Å²) in [6.45, 7) is 5.00. The lowest BCUT2D eigenvalue weighted by molar-refractivity contribution is -0.143. The average molecular weight is 1230 g/mol. The Morgan fingerprint density at radius 2 is 0.540 bits per heavy atom. The van der Waals surface area contributed by atoms with Gasteiger partial charge in [-0.15, -0.1) is 0 Å². The molecule has 0 bridgehead atoms. The van der Waals surface area contributed by atoms with Gasteiger partial charge in [-0.1, -0.05) is 391 Å². The van der Waals surface area contributed by atoms with Crippen molar-refractivity contribution in [3.8, 4) is 0 Å². The number of hydrogen-bond acceptors (Lipinski definition) is 5. The van der Waals surface area contributed by atoms with Crippen LogP contribution in [-0.2, 0) is 14.3 Å². The number of ether oxygens (including phenoxy) is 1. The first-order valence-electron chi connectivity index (χ1n) is 40.1. The highest BCUT2D eigenvalue weighted by Crippen LogP contribution is 2.20. The first-order valence-corrected chi connectivity index (χ1v) is 40.1. The monoisotopic (exact) mass is 1220 g/mol. The van der Waals surface area contributed by atoms with E-state index in [-0.39, 0.29) is 18.5 Å². The fraction of sp³-hybridized carbons (Fsp3) is 0.926. The molecule has 0 aromatic rings. The molecule has 0 aromatic heterocycles. The lowest BCUT2D eigenvalue weighted by Crippen LogP contribution is -2.45. The van der Waals surface area contributed by atoms with Gasteiger partial charge in [-0.25, -0.2) is 0 Å². The van der Waals surface area contributed by atoms with Gasteiger partial charge in [-0.3, -0.25) is 9.59 Å². The van der Waals surface area contributed by atoms with Crippen LogP contribution in [0.15, 0.2) is 24.3 Å². The molecule has 2 atom stereocenters. The van der Waals surface area contributed by atoms with E-state index in [9.17, 15) is 19.8 Å². The topological polar surface area (TPSA) is 95.9 Å². The molecule has 1 amide bonds. The third-order valence-electron chi connectivity index (χ3n) is 19.0. The maximum atomic E-state index is 12.6. The van der Waals surface area contributed by atoms with E-state index in [4.69, 9.17) is 4.74 Å². The molecule has 0 aliphatic carbocycles. The Labute approximate surface area is 545 Å². The van der Waals surface area contributed by atoms with Gasteiger partial charge in [0.1, 0.15) is 0 Å². The summed E-state index contributed by atoms with van der Waals surface area (Å²) >= 11 is 0. The number of aliphatic hydroxyl groups is 2. The van der Waals surface area contributed by atoms with Crippen molar-refractivity contribution in [2.75, 3.05) is 13.2 Å². The van der Waals surface area contributed by atoms with Gasteiger partial charge in [0.25, 0.3) is 0 Å². The first-order chi connectivity index (χ1) is 43.0. The molecule has 0 spiro atoms. The van der Waals surface area contributed by atoms with Crippen LogP contribution in [0.2, 0.25) is 0 Å². The molecule has 2 unspecified atom stereocenters. The molecule has 0 aromatic carbocycles. The SMILES string of the molecule is CCCCCCCCC/C=C\CCCCCCCCCC(=O)OCCCCCCCCCCCCCC/C=C\CCCCCCCCCCCCCCC(=O)NC(CO)C(O)CCCCCCCCCCCCCCCCCCCCCCCCCC. The van der Waals surface area contributed by atoms with Crippen LogP contribution in [0.5, 0.6) is 0 Å². The highest BCUT2D eigenvalue weighted by atomic mass is 16.5. The lowest BCUT2D eigenvalue weighted by atomic mass is 10.0. The van der Waals surface area contributed by atoms with Crippen molar-refractivity contribution in [2.24, 2.45) is 0 Å². The Hall–Kier alpha value is -1.66. The van der Waals surface area contributed by atoms with Crippen molar-refractivity contribution in [2.45, 2.75) is 469 Å². The van der Waals surface area contributed by atoms with Crippen LogP contribution in [-0.4, -0.2) is 47.4 Å². The number of aliphatic hydroxyl groups excluding tert-OH is 2. The van der Waals surface area contributed by atoms with E-state index in [1.165, 1.54) is 379 Å². The minimum absolute atomic E-state index is 0.0142. The number of unbranched alkanes of at least 4 members (excludes halogenated alkanes) is 61. The Balaban J connectivity index is 3.37. The van der Waals surface area contributed by atoms with E-state index >= 15 is 0 Å². The highest BCUT2D eigenvalue weighted by molar-refractivity contribution is 5.76. The molecule has 0 rings (SSSR count). The zero-order chi connectivity index (χ0) is 62.8. The summed E-state index contributed by atoms with van der Waals surface area (Å²) in [5.41, 5.74) is 0. The second-order valence-electron chi connectivity index (χ2n) is 27.7. The number of nitrogens with one attached hydrogen (secondary N) is 1. The van der Waals surface area contributed by atoms with Crippen molar-refractivity contribution in [3.05, 3.63) is 24.3 Å². The second kappa shape index (κ2) is 76.8. The van der Waals surface area contributed by atoms with Gasteiger partial charge in [-0.2, -0.15) is 0 Å². The molecule has 6 heteroatoms. The van der Waals surface area contributed by atoms with Gasteiger partial charge < -0.3 is 20.3 Å². The maximum absolute atomic E-state index is 12.6. The van der Waals surface area contributed by atoms with E-state index in [0.29, 0.717) is 25.9 Å². The highest BCUT2D eigenvalue weighted by Gasteiger charge is 2.20. The predicted octanol–water partition coefficient (Wildman–Crippen LogP) is 26.4. The average Bonchev–Trinajstić information content (AvgIpc) is 3.53. The molecule has 3 N–H and O–H groups in total. The van der Waals surface area contributed by atoms with Gasteiger partial charge in [0.05, 0.1) is 25.4 Å². The molecule has 0 aliphatic heterocycles. The predicted molar refractivity (Wildman–Crippen MR) is 384 cm³/mol. The molecule has 516 valence electrons. The second-order valence-corrected chi connectivity index (χ2v) is 27.7. The van der Waals surface area contributed by atoms with Crippen molar-refractivity contribution in [3.63, 3.8) is 0 Å². The van der Waals surface area contributed by atoms with Crippen molar-refractivity contribution >= 4 is 11.9 Å². The minimum Gasteiger partial charge on any atom is -0.466 e. The quantitative estimate of drug-likeness (QED) is 0.0320. The van der Waals surface area contributed by atoms with Crippen LogP contribution in [0.1, 0.15) is 457 Å². The van der Waals surface area contributed by atoms with Crippen LogP contribution in [0.3, 0.4) is 0 Å². The number of carbonyl (C=O) groups is 2. The Kier molecular flexibility index (Phi) is 75.3. The van der Waals surface area contributed by atoms with Crippen LogP contribution in [0.4, 0.5) is 0 Å².